The Morgan fingerprint density at radius 2 is 2.00 bits per heavy atom. The molecule has 24 heavy (non-hydrogen) atoms. The molecule has 1 amide bonds. The van der Waals surface area contributed by atoms with Crippen LogP contribution in [0.2, 0.25) is 0 Å². The van der Waals surface area contributed by atoms with Crippen molar-refractivity contribution in [1.29, 1.82) is 0 Å². The van der Waals surface area contributed by atoms with E-state index in [4.69, 9.17) is 4.74 Å². The van der Waals surface area contributed by atoms with Crippen molar-refractivity contribution in [1.82, 2.24) is 4.98 Å². The first-order chi connectivity index (χ1) is 11.8. The number of hydrogen-bond acceptors (Lipinski definition) is 4. The van der Waals surface area contributed by atoms with Crippen LogP contribution in [0.25, 0.3) is 16.3 Å². The zero-order valence-corrected chi connectivity index (χ0v) is 14.2. The molecular weight excluding hydrogens is 320 g/mol. The van der Waals surface area contributed by atoms with E-state index < -0.39 is 0 Å². The maximum absolute atomic E-state index is 12.2. The standard InChI is InChI=1S/C19H18N2O2S/c1-2-13-23-16-9-5-3-7-14(16)20-18(22)11-12-19-21-15-8-4-6-10-17(15)24-19/h3-12H,2,13H2,1H3,(H,20,22)/b12-11+. The normalized spacial score (nSPS) is 11.0. The van der Waals surface area contributed by atoms with Crippen LogP contribution in [0.4, 0.5) is 5.69 Å². The number of aromatic nitrogens is 1. The van der Waals surface area contributed by atoms with Crippen molar-refractivity contribution in [3.05, 3.63) is 59.6 Å². The van der Waals surface area contributed by atoms with E-state index in [1.54, 1.807) is 17.4 Å². The average molecular weight is 338 g/mol. The molecule has 122 valence electrons. The summed E-state index contributed by atoms with van der Waals surface area (Å²) in [4.78, 5) is 16.6. The summed E-state index contributed by atoms with van der Waals surface area (Å²) < 4.78 is 6.75. The van der Waals surface area contributed by atoms with Crippen molar-refractivity contribution in [2.24, 2.45) is 0 Å². The molecule has 0 aliphatic rings. The molecule has 0 saturated heterocycles. The van der Waals surface area contributed by atoms with E-state index in [2.05, 4.69) is 10.3 Å². The van der Waals surface area contributed by atoms with Crippen LogP contribution in [0.5, 0.6) is 5.75 Å². The molecule has 0 aliphatic heterocycles. The Morgan fingerprint density at radius 1 is 1.21 bits per heavy atom. The molecule has 0 bridgehead atoms. The number of rotatable bonds is 6. The summed E-state index contributed by atoms with van der Waals surface area (Å²) in [5, 5.41) is 3.66. The molecule has 1 N–H and O–H groups in total. The predicted molar refractivity (Wildman–Crippen MR) is 99.5 cm³/mol. The van der Waals surface area contributed by atoms with Gasteiger partial charge < -0.3 is 10.1 Å². The van der Waals surface area contributed by atoms with Crippen LogP contribution in [0, 0.1) is 0 Å². The summed E-state index contributed by atoms with van der Waals surface area (Å²) in [7, 11) is 0. The molecule has 0 unspecified atom stereocenters. The minimum atomic E-state index is -0.207. The summed E-state index contributed by atoms with van der Waals surface area (Å²) in [6.45, 7) is 2.66. The highest BCUT2D eigenvalue weighted by atomic mass is 32.1. The molecule has 0 spiro atoms. The minimum absolute atomic E-state index is 0.207. The zero-order valence-electron chi connectivity index (χ0n) is 13.4. The molecule has 3 aromatic rings. The topological polar surface area (TPSA) is 51.2 Å². The molecule has 5 heteroatoms. The lowest BCUT2D eigenvalue weighted by Crippen LogP contribution is -2.09. The molecule has 4 nitrogen and oxygen atoms in total. The summed E-state index contributed by atoms with van der Waals surface area (Å²) >= 11 is 1.56. The number of benzene rings is 2. The highest BCUT2D eigenvalue weighted by Gasteiger charge is 2.06. The fourth-order valence-corrected chi connectivity index (χ4v) is 3.06. The van der Waals surface area contributed by atoms with Gasteiger partial charge in [-0.2, -0.15) is 0 Å². The molecule has 1 aromatic heterocycles. The van der Waals surface area contributed by atoms with E-state index in [1.807, 2.05) is 55.5 Å². The van der Waals surface area contributed by atoms with E-state index in [0.29, 0.717) is 18.0 Å². The number of ether oxygens (including phenoxy) is 1. The van der Waals surface area contributed by atoms with Crippen LogP contribution in [0.3, 0.4) is 0 Å². The number of carbonyl (C=O) groups excluding carboxylic acids is 1. The van der Waals surface area contributed by atoms with E-state index in [-0.39, 0.29) is 5.91 Å². The SMILES string of the molecule is CCCOc1ccccc1NC(=O)/C=C/c1nc2ccccc2s1. The first kappa shape index (κ1) is 16.2. The highest BCUT2D eigenvalue weighted by molar-refractivity contribution is 7.19. The number of nitrogens with one attached hydrogen (secondary N) is 1. The van der Waals surface area contributed by atoms with E-state index in [9.17, 15) is 4.79 Å². The maximum Gasteiger partial charge on any atom is 0.248 e. The van der Waals surface area contributed by atoms with E-state index >= 15 is 0 Å². The van der Waals surface area contributed by atoms with Crippen molar-refractivity contribution >= 4 is 39.2 Å². The number of amides is 1. The number of anilines is 1. The number of fused-ring (bicyclic) bond motifs is 1. The second-order valence-corrected chi connectivity index (χ2v) is 6.25. The Bertz CT molecular complexity index is 837. The fourth-order valence-electron chi connectivity index (χ4n) is 2.19. The number of para-hydroxylation sites is 3. The van der Waals surface area contributed by atoms with Crippen LogP contribution >= 0.6 is 11.3 Å². The molecule has 3 rings (SSSR count). The third-order valence-electron chi connectivity index (χ3n) is 3.29. The van der Waals surface area contributed by atoms with Gasteiger partial charge in [-0.15, -0.1) is 11.3 Å². The zero-order chi connectivity index (χ0) is 16.8. The maximum atomic E-state index is 12.2. The molecule has 0 fully saturated rings. The van der Waals surface area contributed by atoms with Crippen molar-refractivity contribution < 1.29 is 9.53 Å². The lowest BCUT2D eigenvalue weighted by atomic mass is 10.3. The highest BCUT2D eigenvalue weighted by Crippen LogP contribution is 2.25. The van der Waals surface area contributed by atoms with Gasteiger partial charge in [0.2, 0.25) is 5.91 Å². The Balaban J connectivity index is 1.69. The van der Waals surface area contributed by atoms with Crippen LogP contribution in [0.15, 0.2) is 54.6 Å². The Labute approximate surface area is 144 Å². The van der Waals surface area contributed by atoms with E-state index in [0.717, 1.165) is 21.6 Å². The number of carbonyl (C=O) groups is 1. The smallest absolute Gasteiger partial charge is 0.248 e. The van der Waals surface area contributed by atoms with Crippen LogP contribution < -0.4 is 10.1 Å². The molecule has 2 aromatic carbocycles. The third-order valence-corrected chi connectivity index (χ3v) is 4.30. The van der Waals surface area contributed by atoms with Gasteiger partial charge in [-0.1, -0.05) is 31.2 Å². The lowest BCUT2D eigenvalue weighted by molar-refractivity contribution is -0.111. The molecular formula is C19H18N2O2S. The fraction of sp³-hybridized carbons (Fsp3) is 0.158. The number of nitrogens with zero attached hydrogens (tertiary/aromatic N) is 1. The summed E-state index contributed by atoms with van der Waals surface area (Å²) in [5.41, 5.74) is 1.62. The van der Waals surface area contributed by atoms with Gasteiger partial charge in [-0.3, -0.25) is 4.79 Å². The average Bonchev–Trinajstić information content (AvgIpc) is 3.02. The monoisotopic (exact) mass is 338 g/mol. The summed E-state index contributed by atoms with van der Waals surface area (Å²) in [5.74, 6) is 0.475. The summed E-state index contributed by atoms with van der Waals surface area (Å²) in [6, 6.07) is 15.3. The van der Waals surface area contributed by atoms with Crippen molar-refractivity contribution in [3.8, 4) is 5.75 Å². The largest absolute Gasteiger partial charge is 0.491 e. The third kappa shape index (κ3) is 4.00. The quantitative estimate of drug-likeness (QED) is 0.661. The van der Waals surface area contributed by atoms with Gasteiger partial charge in [0.05, 0.1) is 22.5 Å². The summed E-state index contributed by atoms with van der Waals surface area (Å²) in [6.07, 6.45) is 4.14. The Hall–Kier alpha value is -2.66. The number of hydrogen-bond donors (Lipinski definition) is 1. The van der Waals surface area contributed by atoms with Crippen molar-refractivity contribution in [2.75, 3.05) is 11.9 Å². The van der Waals surface area contributed by atoms with E-state index in [1.165, 1.54) is 6.08 Å². The van der Waals surface area contributed by atoms with Crippen molar-refractivity contribution in [2.45, 2.75) is 13.3 Å². The predicted octanol–water partition coefficient (Wildman–Crippen LogP) is 4.74. The van der Waals surface area contributed by atoms with Crippen LogP contribution in [0.1, 0.15) is 18.4 Å². The van der Waals surface area contributed by atoms with Crippen LogP contribution in [-0.2, 0) is 4.79 Å². The molecule has 0 aliphatic carbocycles. The van der Waals surface area contributed by atoms with Crippen LogP contribution in [-0.4, -0.2) is 17.5 Å². The second kappa shape index (κ2) is 7.75. The lowest BCUT2D eigenvalue weighted by Gasteiger charge is -2.10. The van der Waals surface area contributed by atoms with Gasteiger partial charge in [0.1, 0.15) is 10.8 Å². The van der Waals surface area contributed by atoms with Crippen molar-refractivity contribution in [3.63, 3.8) is 0 Å². The minimum Gasteiger partial charge on any atom is -0.491 e. The first-order valence-electron chi connectivity index (χ1n) is 7.82. The molecule has 1 heterocycles. The van der Waals surface area contributed by atoms with Gasteiger partial charge in [0, 0.05) is 6.08 Å². The molecule has 0 atom stereocenters. The molecule has 0 radical (unpaired) electrons. The number of thiazole rings is 1. The van der Waals surface area contributed by atoms with Gasteiger partial charge in [0.25, 0.3) is 0 Å². The van der Waals surface area contributed by atoms with Gasteiger partial charge >= 0.3 is 0 Å². The van der Waals surface area contributed by atoms with Gasteiger partial charge in [0.15, 0.2) is 0 Å². The second-order valence-electron chi connectivity index (χ2n) is 5.19. The van der Waals surface area contributed by atoms with Gasteiger partial charge in [-0.05, 0) is 36.8 Å². The molecule has 0 saturated carbocycles. The Kier molecular flexibility index (Phi) is 5.23. The Morgan fingerprint density at radius 3 is 2.83 bits per heavy atom. The first-order valence-corrected chi connectivity index (χ1v) is 8.64. The van der Waals surface area contributed by atoms with Gasteiger partial charge in [-0.25, -0.2) is 4.98 Å².